The van der Waals surface area contributed by atoms with Gasteiger partial charge in [-0.1, -0.05) is 0 Å². The zero-order valence-corrected chi connectivity index (χ0v) is 16.9. The van der Waals surface area contributed by atoms with E-state index in [2.05, 4.69) is 15.6 Å². The van der Waals surface area contributed by atoms with Crippen molar-refractivity contribution in [2.24, 2.45) is 0 Å². The lowest BCUT2D eigenvalue weighted by Crippen LogP contribution is -2.43. The van der Waals surface area contributed by atoms with Crippen molar-refractivity contribution in [3.8, 4) is 0 Å². The highest BCUT2D eigenvalue weighted by atomic mass is 16.5. The molecular formula is C20H28N6O4. The van der Waals surface area contributed by atoms with Crippen LogP contribution in [0.4, 0.5) is 4.79 Å². The average molecular weight is 416 g/mol. The minimum atomic E-state index is -1.03. The molecular weight excluding hydrogens is 388 g/mol. The Balaban J connectivity index is 1.47. The molecule has 1 saturated carbocycles. The first kappa shape index (κ1) is 20.5. The number of nitrogens with zero attached hydrogens (tertiary/aromatic N) is 4. The normalized spacial score (nSPS) is 19.0. The number of carbonyl (C=O) groups excluding carboxylic acids is 1. The van der Waals surface area contributed by atoms with Gasteiger partial charge in [0, 0.05) is 43.8 Å². The fourth-order valence-electron chi connectivity index (χ4n) is 3.80. The molecule has 30 heavy (non-hydrogen) atoms. The third kappa shape index (κ3) is 5.06. The summed E-state index contributed by atoms with van der Waals surface area (Å²) in [5.74, 6) is 0.100. The van der Waals surface area contributed by atoms with Gasteiger partial charge in [0.2, 0.25) is 5.91 Å². The van der Waals surface area contributed by atoms with Crippen LogP contribution in [-0.4, -0.2) is 75.2 Å². The van der Waals surface area contributed by atoms with E-state index < -0.39 is 6.09 Å². The summed E-state index contributed by atoms with van der Waals surface area (Å²) in [6.45, 7) is 3.52. The molecule has 0 spiro atoms. The van der Waals surface area contributed by atoms with Crippen LogP contribution in [-0.2, 0) is 22.6 Å². The van der Waals surface area contributed by atoms with Gasteiger partial charge < -0.3 is 25.4 Å². The first-order valence-electron chi connectivity index (χ1n) is 10.5. The standard InChI is InChI=1S/C20H28N6O4/c27-18(11-15-12-21-8-10-30-15)25(14-4-5-14)13-17-16-3-1-6-22-19(16)26(24-17)9-2-7-23-20(28)29/h1,3,6,14-15,21,23H,2,4-5,7-13H2,(H,28,29)/t15-/m0/s1. The zero-order chi connectivity index (χ0) is 20.9. The van der Waals surface area contributed by atoms with Crippen LogP contribution in [0, 0.1) is 0 Å². The van der Waals surface area contributed by atoms with Gasteiger partial charge in [0.1, 0.15) is 0 Å². The molecule has 0 unspecified atom stereocenters. The molecule has 2 fully saturated rings. The Morgan fingerprint density at radius 3 is 3.00 bits per heavy atom. The van der Waals surface area contributed by atoms with Gasteiger partial charge in [0.05, 0.1) is 31.4 Å². The Kier molecular flexibility index (Phi) is 6.44. The van der Waals surface area contributed by atoms with Crippen LogP contribution in [0.5, 0.6) is 0 Å². The number of nitrogens with one attached hydrogen (secondary N) is 2. The highest BCUT2D eigenvalue weighted by Crippen LogP contribution is 2.30. The summed E-state index contributed by atoms with van der Waals surface area (Å²) < 4.78 is 7.51. The maximum absolute atomic E-state index is 13.0. The van der Waals surface area contributed by atoms with Crippen LogP contribution < -0.4 is 10.6 Å². The molecule has 2 amide bonds. The minimum Gasteiger partial charge on any atom is -0.465 e. The predicted molar refractivity (Wildman–Crippen MR) is 109 cm³/mol. The molecule has 4 rings (SSSR count). The van der Waals surface area contributed by atoms with E-state index in [0.717, 1.165) is 36.1 Å². The molecule has 0 aromatic carbocycles. The molecule has 10 nitrogen and oxygen atoms in total. The second-order valence-corrected chi connectivity index (χ2v) is 7.78. The number of carboxylic acid groups (broad SMARTS) is 1. The van der Waals surface area contributed by atoms with E-state index in [0.29, 0.717) is 45.6 Å². The van der Waals surface area contributed by atoms with Crippen LogP contribution in [0.25, 0.3) is 11.0 Å². The first-order valence-corrected chi connectivity index (χ1v) is 10.5. The number of amides is 2. The molecule has 162 valence electrons. The predicted octanol–water partition coefficient (Wildman–Crippen LogP) is 0.959. The topological polar surface area (TPSA) is 122 Å². The number of carbonyl (C=O) groups is 2. The van der Waals surface area contributed by atoms with Crippen molar-refractivity contribution in [2.75, 3.05) is 26.2 Å². The van der Waals surface area contributed by atoms with E-state index in [9.17, 15) is 9.59 Å². The van der Waals surface area contributed by atoms with Crippen molar-refractivity contribution in [1.82, 2.24) is 30.3 Å². The molecule has 3 N–H and O–H groups in total. The minimum absolute atomic E-state index is 0.0785. The van der Waals surface area contributed by atoms with Gasteiger partial charge in [0.15, 0.2) is 5.65 Å². The van der Waals surface area contributed by atoms with Gasteiger partial charge in [0.25, 0.3) is 0 Å². The first-order chi connectivity index (χ1) is 14.6. The van der Waals surface area contributed by atoms with Crippen molar-refractivity contribution >= 4 is 23.0 Å². The highest BCUT2D eigenvalue weighted by molar-refractivity contribution is 5.80. The third-order valence-electron chi connectivity index (χ3n) is 5.44. The molecule has 1 saturated heterocycles. The van der Waals surface area contributed by atoms with Crippen molar-refractivity contribution in [3.63, 3.8) is 0 Å². The van der Waals surface area contributed by atoms with Crippen molar-refractivity contribution < 1.29 is 19.4 Å². The SMILES string of the molecule is O=C(O)NCCCn1nc(CN(C(=O)C[C@H]2CNCCO2)C2CC2)c2cccnc21. The van der Waals surface area contributed by atoms with Gasteiger partial charge in [-0.2, -0.15) is 5.10 Å². The third-order valence-corrected chi connectivity index (χ3v) is 5.44. The quantitative estimate of drug-likeness (QED) is 0.521. The summed E-state index contributed by atoms with van der Waals surface area (Å²) in [6.07, 6.45) is 3.63. The fraction of sp³-hybridized carbons (Fsp3) is 0.600. The number of aromatic nitrogens is 3. The van der Waals surface area contributed by atoms with E-state index in [1.807, 2.05) is 17.0 Å². The largest absolute Gasteiger partial charge is 0.465 e. The molecule has 2 aromatic rings. The monoisotopic (exact) mass is 416 g/mol. The number of hydrogen-bond acceptors (Lipinski definition) is 6. The zero-order valence-electron chi connectivity index (χ0n) is 16.9. The highest BCUT2D eigenvalue weighted by Gasteiger charge is 2.34. The summed E-state index contributed by atoms with van der Waals surface area (Å²) in [5.41, 5.74) is 1.58. The van der Waals surface area contributed by atoms with Gasteiger partial charge >= 0.3 is 6.09 Å². The lowest BCUT2D eigenvalue weighted by molar-refractivity contribution is -0.136. The summed E-state index contributed by atoms with van der Waals surface area (Å²) in [5, 5.41) is 20.0. The van der Waals surface area contributed by atoms with Crippen LogP contribution in [0.15, 0.2) is 18.3 Å². The van der Waals surface area contributed by atoms with E-state index in [-0.39, 0.29) is 18.1 Å². The van der Waals surface area contributed by atoms with Crippen LogP contribution in [0.1, 0.15) is 31.4 Å². The molecule has 1 aliphatic heterocycles. The molecule has 1 aliphatic carbocycles. The Bertz CT molecular complexity index is 891. The summed E-state index contributed by atoms with van der Waals surface area (Å²) in [4.78, 5) is 30.0. The van der Waals surface area contributed by atoms with Gasteiger partial charge in [-0.25, -0.2) is 14.5 Å². The number of ether oxygens (including phenoxy) is 1. The number of morpholine rings is 1. The van der Waals surface area contributed by atoms with Crippen molar-refractivity contribution in [2.45, 2.75) is 50.9 Å². The molecule has 1 atom stereocenters. The molecule has 2 aromatic heterocycles. The maximum atomic E-state index is 13.0. The Morgan fingerprint density at radius 2 is 2.27 bits per heavy atom. The number of hydrogen-bond donors (Lipinski definition) is 3. The lowest BCUT2D eigenvalue weighted by Gasteiger charge is -2.27. The molecule has 0 bridgehead atoms. The maximum Gasteiger partial charge on any atom is 0.404 e. The summed E-state index contributed by atoms with van der Waals surface area (Å²) in [7, 11) is 0. The Labute approximate surface area is 174 Å². The smallest absolute Gasteiger partial charge is 0.404 e. The second kappa shape index (κ2) is 9.40. The number of rotatable bonds is 9. The van der Waals surface area contributed by atoms with E-state index in [1.54, 1.807) is 10.9 Å². The van der Waals surface area contributed by atoms with Crippen molar-refractivity contribution in [3.05, 3.63) is 24.0 Å². The summed E-state index contributed by atoms with van der Waals surface area (Å²) >= 11 is 0. The van der Waals surface area contributed by atoms with E-state index >= 15 is 0 Å². The van der Waals surface area contributed by atoms with Crippen molar-refractivity contribution in [1.29, 1.82) is 0 Å². The van der Waals surface area contributed by atoms with Crippen LogP contribution >= 0.6 is 0 Å². The number of aryl methyl sites for hydroxylation is 1. The molecule has 0 radical (unpaired) electrons. The summed E-state index contributed by atoms with van der Waals surface area (Å²) in [6, 6.07) is 4.11. The lowest BCUT2D eigenvalue weighted by atomic mass is 10.2. The van der Waals surface area contributed by atoms with Crippen LogP contribution in [0.3, 0.4) is 0 Å². The average Bonchev–Trinajstić information content (AvgIpc) is 3.53. The molecule has 3 heterocycles. The molecule has 10 heteroatoms. The van der Waals surface area contributed by atoms with Gasteiger partial charge in [-0.15, -0.1) is 0 Å². The van der Waals surface area contributed by atoms with Crippen LogP contribution in [0.2, 0.25) is 0 Å². The number of fused-ring (bicyclic) bond motifs is 1. The second-order valence-electron chi connectivity index (χ2n) is 7.78. The van der Waals surface area contributed by atoms with Gasteiger partial charge in [-0.3, -0.25) is 4.79 Å². The van der Waals surface area contributed by atoms with Gasteiger partial charge in [-0.05, 0) is 31.4 Å². The fourth-order valence-corrected chi connectivity index (χ4v) is 3.80. The molecule has 2 aliphatic rings. The van der Waals surface area contributed by atoms with E-state index in [4.69, 9.17) is 14.9 Å². The number of pyridine rings is 1. The Morgan fingerprint density at radius 1 is 1.40 bits per heavy atom. The van der Waals surface area contributed by atoms with E-state index in [1.165, 1.54) is 0 Å². The Hall–Kier alpha value is -2.72.